The van der Waals surface area contributed by atoms with Gasteiger partial charge in [0.15, 0.2) is 0 Å². The lowest BCUT2D eigenvalue weighted by Gasteiger charge is -2.24. The molecule has 2 fully saturated rings. The largest absolute Gasteiger partial charge is 0.469 e. The molecule has 110 valence electrons. The molecule has 0 aliphatic heterocycles. The van der Waals surface area contributed by atoms with Crippen molar-refractivity contribution in [1.29, 1.82) is 0 Å². The van der Waals surface area contributed by atoms with Gasteiger partial charge in [0.25, 0.3) is 0 Å². The van der Waals surface area contributed by atoms with Crippen molar-refractivity contribution in [2.75, 3.05) is 13.1 Å². The number of rotatable bonds is 5. The smallest absolute Gasteiger partial charge is 0.406 e. The molecule has 3 rings (SSSR count). The van der Waals surface area contributed by atoms with Crippen molar-refractivity contribution >= 4 is 5.91 Å². The molecule has 1 aromatic rings. The lowest BCUT2D eigenvalue weighted by atomic mass is 10.2. The van der Waals surface area contributed by atoms with Crippen LogP contribution < -0.4 is 0 Å². The first kappa shape index (κ1) is 13.5. The summed E-state index contributed by atoms with van der Waals surface area (Å²) in [5.41, 5.74) is 0. The predicted octanol–water partition coefficient (Wildman–Crippen LogP) is 3.18. The summed E-state index contributed by atoms with van der Waals surface area (Å²) in [6.07, 6.45) is -0.375. The lowest BCUT2D eigenvalue weighted by Crippen LogP contribution is -2.41. The van der Waals surface area contributed by atoms with Gasteiger partial charge in [-0.1, -0.05) is 0 Å². The van der Waals surface area contributed by atoms with E-state index in [0.29, 0.717) is 12.2 Å². The molecule has 0 saturated heterocycles. The average molecular weight is 287 g/mol. The van der Waals surface area contributed by atoms with Crippen molar-refractivity contribution in [3.63, 3.8) is 0 Å². The fraction of sp³-hybridized carbons (Fsp3) is 0.643. The van der Waals surface area contributed by atoms with Gasteiger partial charge in [-0.05, 0) is 37.3 Å². The summed E-state index contributed by atoms with van der Waals surface area (Å²) < 4.78 is 43.0. The number of halogens is 3. The number of carbonyl (C=O) groups is 1. The molecule has 3 nitrogen and oxygen atoms in total. The number of hydrogen-bond acceptors (Lipinski definition) is 2. The van der Waals surface area contributed by atoms with Crippen LogP contribution in [0.5, 0.6) is 0 Å². The first-order valence-electron chi connectivity index (χ1n) is 6.83. The zero-order valence-corrected chi connectivity index (χ0v) is 10.9. The van der Waals surface area contributed by atoms with Gasteiger partial charge in [-0.15, -0.1) is 0 Å². The minimum absolute atomic E-state index is 0.0487. The summed E-state index contributed by atoms with van der Waals surface area (Å²) in [5, 5.41) is 0. The van der Waals surface area contributed by atoms with Gasteiger partial charge in [0, 0.05) is 18.4 Å². The van der Waals surface area contributed by atoms with E-state index in [2.05, 4.69) is 0 Å². The molecule has 2 atom stereocenters. The number of hydrogen-bond donors (Lipinski definition) is 0. The molecule has 1 heterocycles. The summed E-state index contributed by atoms with van der Waals surface area (Å²) in [5.74, 6) is 0.175. The van der Waals surface area contributed by atoms with E-state index in [1.807, 2.05) is 0 Å². The van der Waals surface area contributed by atoms with Crippen molar-refractivity contribution in [1.82, 2.24) is 4.90 Å². The van der Waals surface area contributed by atoms with Crippen LogP contribution in [0.2, 0.25) is 0 Å². The van der Waals surface area contributed by atoms with Crippen LogP contribution in [0.15, 0.2) is 22.8 Å². The Bertz CT molecular complexity index is 479. The molecule has 0 bridgehead atoms. The summed E-state index contributed by atoms with van der Waals surface area (Å²) in [7, 11) is 0. The van der Waals surface area contributed by atoms with Crippen LogP contribution >= 0.6 is 0 Å². The molecular weight excluding hydrogens is 271 g/mol. The SMILES string of the molecule is O=C([C@H]1C[C@H]1c1ccco1)N(CC1CC1)CC(F)(F)F. The zero-order chi connectivity index (χ0) is 14.3. The van der Waals surface area contributed by atoms with Gasteiger partial charge < -0.3 is 9.32 Å². The Hall–Kier alpha value is -1.46. The highest BCUT2D eigenvalue weighted by molar-refractivity contribution is 5.83. The molecule has 20 heavy (non-hydrogen) atoms. The molecule has 0 aromatic carbocycles. The first-order chi connectivity index (χ1) is 9.44. The van der Waals surface area contributed by atoms with E-state index in [4.69, 9.17) is 4.42 Å². The molecule has 0 N–H and O–H groups in total. The second kappa shape index (κ2) is 4.82. The Morgan fingerprint density at radius 1 is 1.40 bits per heavy atom. The van der Waals surface area contributed by atoms with Gasteiger partial charge in [0.05, 0.1) is 6.26 Å². The molecule has 0 radical (unpaired) electrons. The van der Waals surface area contributed by atoms with Gasteiger partial charge in [0.2, 0.25) is 5.91 Å². The van der Waals surface area contributed by atoms with Gasteiger partial charge >= 0.3 is 6.18 Å². The Morgan fingerprint density at radius 3 is 2.70 bits per heavy atom. The second-order valence-electron chi connectivity index (χ2n) is 5.74. The van der Waals surface area contributed by atoms with E-state index < -0.39 is 12.7 Å². The van der Waals surface area contributed by atoms with Crippen LogP contribution in [0.4, 0.5) is 13.2 Å². The Morgan fingerprint density at radius 2 is 2.15 bits per heavy atom. The first-order valence-corrected chi connectivity index (χ1v) is 6.83. The van der Waals surface area contributed by atoms with Crippen molar-refractivity contribution in [3.05, 3.63) is 24.2 Å². The lowest BCUT2D eigenvalue weighted by molar-refractivity contribution is -0.162. The Labute approximate surface area is 114 Å². The van der Waals surface area contributed by atoms with Crippen LogP contribution in [-0.4, -0.2) is 30.1 Å². The number of furan rings is 1. The second-order valence-corrected chi connectivity index (χ2v) is 5.74. The highest BCUT2D eigenvalue weighted by Crippen LogP contribution is 2.49. The van der Waals surface area contributed by atoms with E-state index in [1.165, 1.54) is 6.26 Å². The number of alkyl halides is 3. The van der Waals surface area contributed by atoms with Crippen molar-refractivity contribution in [2.24, 2.45) is 11.8 Å². The number of nitrogens with zero attached hydrogens (tertiary/aromatic N) is 1. The van der Waals surface area contributed by atoms with E-state index >= 15 is 0 Å². The summed E-state index contributed by atoms with van der Waals surface area (Å²) in [6, 6.07) is 3.50. The number of amides is 1. The quantitative estimate of drug-likeness (QED) is 0.833. The minimum Gasteiger partial charge on any atom is -0.469 e. The van der Waals surface area contributed by atoms with Crippen LogP contribution in [0.25, 0.3) is 0 Å². The van der Waals surface area contributed by atoms with Gasteiger partial charge in [-0.3, -0.25) is 4.79 Å². The molecule has 0 spiro atoms. The molecule has 1 amide bonds. The van der Waals surface area contributed by atoms with E-state index in [0.717, 1.165) is 17.7 Å². The summed E-state index contributed by atoms with van der Waals surface area (Å²) >= 11 is 0. The maximum atomic E-state index is 12.6. The van der Waals surface area contributed by atoms with E-state index in [9.17, 15) is 18.0 Å². The van der Waals surface area contributed by atoms with Crippen molar-refractivity contribution < 1.29 is 22.4 Å². The van der Waals surface area contributed by atoms with Crippen LogP contribution in [-0.2, 0) is 4.79 Å². The third-order valence-corrected chi connectivity index (χ3v) is 3.87. The van der Waals surface area contributed by atoms with Gasteiger partial charge in [-0.2, -0.15) is 13.2 Å². The molecular formula is C14H16F3NO2. The fourth-order valence-corrected chi connectivity index (χ4v) is 2.58. The van der Waals surface area contributed by atoms with Gasteiger partial charge in [0.1, 0.15) is 12.3 Å². The highest BCUT2D eigenvalue weighted by atomic mass is 19.4. The molecule has 0 unspecified atom stereocenters. The van der Waals surface area contributed by atoms with Crippen LogP contribution in [0.3, 0.4) is 0 Å². The maximum absolute atomic E-state index is 12.6. The van der Waals surface area contributed by atoms with Crippen LogP contribution in [0.1, 0.15) is 30.9 Å². The highest BCUT2D eigenvalue weighted by Gasteiger charge is 2.49. The predicted molar refractivity (Wildman–Crippen MR) is 64.9 cm³/mol. The number of carbonyl (C=O) groups excluding carboxylic acids is 1. The van der Waals surface area contributed by atoms with E-state index in [1.54, 1.807) is 12.1 Å². The molecule has 2 saturated carbocycles. The summed E-state index contributed by atoms with van der Waals surface area (Å²) in [6.45, 7) is -0.899. The summed E-state index contributed by atoms with van der Waals surface area (Å²) in [4.78, 5) is 13.2. The molecule has 6 heteroatoms. The minimum atomic E-state index is -4.33. The standard InChI is InChI=1S/C14H16F3NO2/c15-14(16,17)8-18(7-9-3-4-9)13(19)11-6-10(11)12-2-1-5-20-12/h1-2,5,9-11H,3-4,6-8H2/t10-,11+/m1/s1. The monoisotopic (exact) mass is 287 g/mol. The molecule has 2 aliphatic carbocycles. The van der Waals surface area contributed by atoms with Crippen molar-refractivity contribution in [2.45, 2.75) is 31.4 Å². The third kappa shape index (κ3) is 3.16. The fourth-order valence-electron chi connectivity index (χ4n) is 2.58. The topological polar surface area (TPSA) is 33.5 Å². The average Bonchev–Trinajstić information content (AvgIpc) is 3.27. The van der Waals surface area contributed by atoms with Crippen molar-refractivity contribution in [3.8, 4) is 0 Å². The van der Waals surface area contributed by atoms with Gasteiger partial charge in [-0.25, -0.2) is 0 Å². The Balaban J connectivity index is 1.63. The normalized spacial score (nSPS) is 25.6. The third-order valence-electron chi connectivity index (χ3n) is 3.87. The Kier molecular flexibility index (Phi) is 3.26. The molecule has 1 aromatic heterocycles. The zero-order valence-electron chi connectivity index (χ0n) is 10.9. The van der Waals surface area contributed by atoms with E-state index in [-0.39, 0.29) is 30.2 Å². The maximum Gasteiger partial charge on any atom is 0.406 e. The molecule has 2 aliphatic rings. The van der Waals surface area contributed by atoms with Crippen LogP contribution in [0, 0.1) is 11.8 Å².